The summed E-state index contributed by atoms with van der Waals surface area (Å²) in [5.74, 6) is -0.304. The van der Waals surface area contributed by atoms with Crippen LogP contribution in [0.5, 0.6) is 0 Å². The molecule has 1 aromatic carbocycles. The lowest BCUT2D eigenvalue weighted by atomic mass is 9.76. The molecule has 8 heteroatoms. The van der Waals surface area contributed by atoms with Crippen molar-refractivity contribution in [1.29, 1.82) is 0 Å². The Balaban J connectivity index is 1.15. The smallest absolute Gasteiger partial charge is 0.312 e. The van der Waals surface area contributed by atoms with Crippen LogP contribution in [0, 0.1) is 11.2 Å². The summed E-state index contributed by atoms with van der Waals surface area (Å²) in [5.41, 5.74) is 1.16. The van der Waals surface area contributed by atoms with Gasteiger partial charge in [0.1, 0.15) is 17.6 Å². The Morgan fingerprint density at radius 2 is 1.87 bits per heavy atom. The largest absolute Gasteiger partial charge is 0.461 e. The van der Waals surface area contributed by atoms with Crippen LogP contribution < -0.4 is 0 Å². The molecule has 0 radical (unpaired) electrons. The van der Waals surface area contributed by atoms with E-state index in [1.165, 1.54) is 6.07 Å². The molecule has 1 aromatic heterocycles. The van der Waals surface area contributed by atoms with E-state index in [0.29, 0.717) is 5.69 Å². The van der Waals surface area contributed by atoms with E-state index in [2.05, 4.69) is 14.9 Å². The van der Waals surface area contributed by atoms with Gasteiger partial charge in [0.25, 0.3) is 0 Å². The van der Waals surface area contributed by atoms with Crippen molar-refractivity contribution in [2.24, 2.45) is 5.41 Å². The van der Waals surface area contributed by atoms with E-state index in [9.17, 15) is 9.18 Å². The number of cyclic esters (lactones) is 1. The number of likely N-dealkylation sites (tertiary alicyclic amines) is 1. The van der Waals surface area contributed by atoms with Gasteiger partial charge in [-0.2, -0.15) is 5.10 Å². The van der Waals surface area contributed by atoms with Gasteiger partial charge in [0, 0.05) is 44.4 Å². The van der Waals surface area contributed by atoms with Crippen molar-refractivity contribution in [3.8, 4) is 5.69 Å². The summed E-state index contributed by atoms with van der Waals surface area (Å²) in [5, 5.41) is 4.32. The fraction of sp³-hybridized carbons (Fsp3) is 0.565. The number of hydrogen-bond donors (Lipinski definition) is 0. The first kappa shape index (κ1) is 20.6. The number of ether oxygens (including phenoxy) is 2. The highest BCUT2D eigenvalue weighted by atomic mass is 19.1. The molecule has 3 aliphatic heterocycles. The quantitative estimate of drug-likeness (QED) is 0.681. The molecule has 4 heterocycles. The van der Waals surface area contributed by atoms with Crippen LogP contribution in [0.4, 0.5) is 4.39 Å². The first-order valence-electron chi connectivity index (χ1n) is 11.1. The molecule has 0 saturated carbocycles. The van der Waals surface area contributed by atoms with E-state index in [4.69, 9.17) is 9.47 Å². The highest BCUT2D eigenvalue weighted by Gasteiger charge is 2.50. The van der Waals surface area contributed by atoms with Crippen molar-refractivity contribution in [3.05, 3.63) is 48.0 Å². The molecule has 0 N–H and O–H groups in total. The summed E-state index contributed by atoms with van der Waals surface area (Å²) in [4.78, 5) is 17.4. The SMILES string of the molecule is O=C1OC(CN2CCOCC2)CC12CCN(Cc1cnn(-c3ccccc3F)c1)CC2. The molecule has 3 aliphatic rings. The number of hydrogen-bond acceptors (Lipinski definition) is 6. The van der Waals surface area contributed by atoms with Crippen molar-refractivity contribution in [2.75, 3.05) is 45.9 Å². The highest BCUT2D eigenvalue weighted by molar-refractivity contribution is 5.79. The first-order valence-corrected chi connectivity index (χ1v) is 11.1. The second-order valence-electron chi connectivity index (χ2n) is 8.95. The van der Waals surface area contributed by atoms with Crippen molar-refractivity contribution in [2.45, 2.75) is 31.9 Å². The predicted octanol–water partition coefficient (Wildman–Crippen LogP) is 2.24. The van der Waals surface area contributed by atoms with Gasteiger partial charge in [0.2, 0.25) is 0 Å². The standard InChI is InChI=1S/C23H29FN4O3/c24-20-3-1-2-4-21(20)28-16-18(14-25-28)15-26-7-5-23(6-8-26)13-19(31-22(23)29)17-27-9-11-30-12-10-27/h1-4,14,16,19H,5-13,15,17H2. The van der Waals surface area contributed by atoms with Crippen LogP contribution >= 0.6 is 0 Å². The van der Waals surface area contributed by atoms with E-state index in [1.54, 1.807) is 29.1 Å². The van der Waals surface area contributed by atoms with Gasteiger partial charge < -0.3 is 9.47 Å². The molecule has 0 bridgehead atoms. The lowest BCUT2D eigenvalue weighted by Crippen LogP contribution is -2.42. The average Bonchev–Trinajstić information content (AvgIpc) is 3.35. The summed E-state index contributed by atoms with van der Waals surface area (Å²) in [6.45, 7) is 6.61. The Bertz CT molecular complexity index is 919. The Hall–Kier alpha value is -2.29. The van der Waals surface area contributed by atoms with Crippen LogP contribution in [0.2, 0.25) is 0 Å². The number of nitrogens with zero attached hydrogens (tertiary/aromatic N) is 4. The second-order valence-corrected chi connectivity index (χ2v) is 8.95. The number of piperidine rings is 1. The molecule has 7 nitrogen and oxygen atoms in total. The predicted molar refractivity (Wildman–Crippen MR) is 112 cm³/mol. The van der Waals surface area contributed by atoms with Gasteiger partial charge in [-0.05, 0) is 38.1 Å². The number of rotatable bonds is 5. The monoisotopic (exact) mass is 428 g/mol. The molecule has 166 valence electrons. The molecule has 1 spiro atoms. The third-order valence-electron chi connectivity index (χ3n) is 6.85. The summed E-state index contributed by atoms with van der Waals surface area (Å²) in [6.07, 6.45) is 6.14. The van der Waals surface area contributed by atoms with Crippen LogP contribution in [-0.4, -0.2) is 77.6 Å². The van der Waals surface area contributed by atoms with Gasteiger partial charge in [0.15, 0.2) is 0 Å². The minimum Gasteiger partial charge on any atom is -0.461 e. The van der Waals surface area contributed by atoms with E-state index in [0.717, 1.165) is 77.3 Å². The maximum atomic E-state index is 14.0. The van der Waals surface area contributed by atoms with Crippen LogP contribution in [0.3, 0.4) is 0 Å². The Morgan fingerprint density at radius 1 is 1.10 bits per heavy atom. The molecule has 3 fully saturated rings. The number of para-hydroxylation sites is 1. The van der Waals surface area contributed by atoms with Crippen molar-refractivity contribution >= 4 is 5.97 Å². The molecule has 1 unspecified atom stereocenters. The molecular formula is C23H29FN4O3. The van der Waals surface area contributed by atoms with Gasteiger partial charge in [-0.15, -0.1) is 0 Å². The molecule has 0 aliphatic carbocycles. The van der Waals surface area contributed by atoms with Crippen LogP contribution in [0.25, 0.3) is 5.69 Å². The zero-order valence-electron chi connectivity index (χ0n) is 17.7. The molecule has 5 rings (SSSR count). The van der Waals surface area contributed by atoms with Gasteiger partial charge in [-0.25, -0.2) is 9.07 Å². The minimum absolute atomic E-state index is 0.00356. The normalized spacial score (nSPS) is 24.5. The Kier molecular flexibility index (Phi) is 5.77. The number of morpholine rings is 1. The number of carbonyl (C=O) groups is 1. The number of halogens is 1. The fourth-order valence-electron chi connectivity index (χ4n) is 5.03. The van der Waals surface area contributed by atoms with Gasteiger partial charge >= 0.3 is 5.97 Å². The van der Waals surface area contributed by atoms with Gasteiger partial charge in [-0.3, -0.25) is 14.6 Å². The minimum atomic E-state index is -0.329. The first-order chi connectivity index (χ1) is 15.1. The Labute approximate surface area is 181 Å². The number of aromatic nitrogens is 2. The zero-order valence-corrected chi connectivity index (χ0v) is 17.7. The molecule has 1 atom stereocenters. The third kappa shape index (κ3) is 4.37. The lowest BCUT2D eigenvalue weighted by molar-refractivity contribution is -0.151. The zero-order chi connectivity index (χ0) is 21.3. The lowest BCUT2D eigenvalue weighted by Gasteiger charge is -2.36. The summed E-state index contributed by atoms with van der Waals surface area (Å²) < 4.78 is 26.8. The molecule has 3 saturated heterocycles. The Morgan fingerprint density at radius 3 is 2.65 bits per heavy atom. The molecule has 31 heavy (non-hydrogen) atoms. The summed E-state index contributed by atoms with van der Waals surface area (Å²) >= 11 is 0. The fourth-order valence-corrected chi connectivity index (χ4v) is 5.03. The second kappa shape index (κ2) is 8.68. The average molecular weight is 429 g/mol. The maximum Gasteiger partial charge on any atom is 0.312 e. The maximum absolute atomic E-state index is 14.0. The highest BCUT2D eigenvalue weighted by Crippen LogP contribution is 2.43. The van der Waals surface area contributed by atoms with Crippen LogP contribution in [-0.2, 0) is 20.8 Å². The molecule has 2 aromatic rings. The van der Waals surface area contributed by atoms with Crippen LogP contribution in [0.15, 0.2) is 36.7 Å². The summed E-state index contributed by atoms with van der Waals surface area (Å²) in [7, 11) is 0. The third-order valence-corrected chi connectivity index (χ3v) is 6.85. The van der Waals surface area contributed by atoms with Gasteiger partial charge in [-0.1, -0.05) is 12.1 Å². The molecule has 0 amide bonds. The van der Waals surface area contributed by atoms with Crippen molar-refractivity contribution in [3.63, 3.8) is 0 Å². The number of esters is 1. The number of benzene rings is 1. The number of carbonyl (C=O) groups excluding carboxylic acids is 1. The van der Waals surface area contributed by atoms with Gasteiger partial charge in [0.05, 0.1) is 24.8 Å². The van der Waals surface area contributed by atoms with E-state index in [1.807, 2.05) is 6.20 Å². The van der Waals surface area contributed by atoms with E-state index < -0.39 is 0 Å². The van der Waals surface area contributed by atoms with Crippen LogP contribution in [0.1, 0.15) is 24.8 Å². The molecular weight excluding hydrogens is 399 g/mol. The summed E-state index contributed by atoms with van der Waals surface area (Å²) in [6, 6.07) is 6.63. The van der Waals surface area contributed by atoms with Crippen molar-refractivity contribution < 1.29 is 18.7 Å². The topological polar surface area (TPSA) is 59.8 Å². The van der Waals surface area contributed by atoms with E-state index in [-0.39, 0.29) is 23.3 Å². The van der Waals surface area contributed by atoms with E-state index >= 15 is 0 Å². The van der Waals surface area contributed by atoms with Crippen molar-refractivity contribution in [1.82, 2.24) is 19.6 Å².